The molecule has 2 aromatic rings. The van der Waals surface area contributed by atoms with Crippen LogP contribution in [0.3, 0.4) is 0 Å². The fraction of sp³-hybridized carbons (Fsp3) is 0.667. The minimum absolute atomic E-state index is 0.786. The molecule has 1 unspecified atom stereocenters. The predicted octanol–water partition coefficient (Wildman–Crippen LogP) is 9.87. The standard InChI is InChI=1S/C18H29O.C4H3S.2C4H9.Sn/c1-3-5-7-8-9-10-16-19-18-14-12-17(13-15-18)11-6-4-2;1-2-4-5-3-1;2*1-3-4-2;/h11-15H,3-10,16H2,1-2H3;1-3H;2*1,3-4H2,2H3;. The van der Waals surface area contributed by atoms with Gasteiger partial charge >= 0.3 is 201 Å². The fourth-order valence-corrected chi connectivity index (χ4v) is 27.7. The molecule has 0 amide bonds. The molecule has 0 bridgehead atoms. The van der Waals surface area contributed by atoms with Crippen molar-refractivity contribution >= 4 is 32.6 Å². The van der Waals surface area contributed by atoms with E-state index < -0.39 is 18.4 Å². The summed E-state index contributed by atoms with van der Waals surface area (Å²) in [4.78, 5) is 0. The molecule has 0 aliphatic carbocycles. The van der Waals surface area contributed by atoms with Crippen LogP contribution in [-0.4, -0.2) is 25.0 Å². The Kier molecular flexibility index (Phi) is 14.8. The molecule has 0 saturated heterocycles. The van der Waals surface area contributed by atoms with Gasteiger partial charge in [0, 0.05) is 0 Å². The summed E-state index contributed by atoms with van der Waals surface area (Å²) >= 11 is -0.541. The zero-order chi connectivity index (χ0) is 23.8. The molecule has 1 heterocycles. The van der Waals surface area contributed by atoms with E-state index in [1.165, 1.54) is 85.9 Å². The molecule has 0 radical (unpaired) electrons. The number of unbranched alkanes of at least 4 members (excludes halogenated alkanes) is 7. The van der Waals surface area contributed by atoms with Crippen LogP contribution in [0.4, 0.5) is 0 Å². The summed E-state index contributed by atoms with van der Waals surface area (Å²) in [5.74, 6) is 1.06. The number of thiophene rings is 1. The summed E-state index contributed by atoms with van der Waals surface area (Å²) in [6, 6.07) is 14.2. The molecule has 0 spiro atoms. The number of benzene rings is 1. The van der Waals surface area contributed by atoms with Crippen molar-refractivity contribution in [3.05, 3.63) is 47.3 Å². The summed E-state index contributed by atoms with van der Waals surface area (Å²) in [6.45, 7) is 10.3. The van der Waals surface area contributed by atoms with Crippen molar-refractivity contribution in [2.75, 3.05) is 6.61 Å². The van der Waals surface area contributed by atoms with Crippen LogP contribution in [0.25, 0.3) is 0 Å². The average molecular weight is 578 g/mol. The molecule has 0 N–H and O–H groups in total. The van der Waals surface area contributed by atoms with Crippen molar-refractivity contribution in [3.8, 4) is 5.75 Å². The van der Waals surface area contributed by atoms with Crippen LogP contribution in [0.2, 0.25) is 8.87 Å². The van der Waals surface area contributed by atoms with Gasteiger partial charge < -0.3 is 0 Å². The first-order valence-electron chi connectivity index (χ1n) is 14.0. The van der Waals surface area contributed by atoms with Crippen molar-refractivity contribution in [3.63, 3.8) is 0 Å². The maximum atomic E-state index is 6.11. The summed E-state index contributed by atoms with van der Waals surface area (Å²) in [6.07, 6.45) is 15.9. The third kappa shape index (κ3) is 9.24. The van der Waals surface area contributed by atoms with Crippen molar-refractivity contribution in [2.24, 2.45) is 0 Å². The van der Waals surface area contributed by atoms with Crippen LogP contribution < -0.4 is 7.63 Å². The van der Waals surface area contributed by atoms with Crippen LogP contribution in [0.1, 0.15) is 114 Å². The molecule has 0 aliphatic rings. The van der Waals surface area contributed by atoms with Gasteiger partial charge in [0.1, 0.15) is 0 Å². The zero-order valence-corrected chi connectivity index (χ0v) is 25.7. The molecule has 0 saturated carbocycles. The first-order chi connectivity index (χ1) is 16.2. The van der Waals surface area contributed by atoms with Crippen LogP contribution >= 0.6 is 11.3 Å². The van der Waals surface area contributed by atoms with E-state index in [1.54, 1.807) is 5.56 Å². The summed E-state index contributed by atoms with van der Waals surface area (Å²) < 4.78 is 11.7. The van der Waals surface area contributed by atoms with Gasteiger partial charge in [0.2, 0.25) is 0 Å². The first-order valence-corrected chi connectivity index (χ1v) is 22.0. The van der Waals surface area contributed by atoms with E-state index in [-0.39, 0.29) is 0 Å². The Balaban J connectivity index is 2.15. The molecule has 0 aliphatic heterocycles. The summed E-state index contributed by atoms with van der Waals surface area (Å²) in [7, 11) is 0. The molecule has 2 rings (SSSR count). The Hall–Kier alpha value is -0.481. The van der Waals surface area contributed by atoms with E-state index in [1.807, 2.05) is 2.89 Å². The molecular formula is C30H50OSSn. The summed E-state index contributed by atoms with van der Waals surface area (Å²) in [5.41, 5.74) is 1.60. The quantitative estimate of drug-likeness (QED) is 0.119. The second-order valence-corrected chi connectivity index (χ2v) is 24.8. The Morgan fingerprint density at radius 2 is 1.36 bits per heavy atom. The van der Waals surface area contributed by atoms with E-state index >= 15 is 0 Å². The molecule has 0 fully saturated rings. The van der Waals surface area contributed by atoms with Gasteiger partial charge in [-0.2, -0.15) is 0 Å². The van der Waals surface area contributed by atoms with E-state index in [4.69, 9.17) is 4.74 Å². The SMILES string of the molecule is CCCCCCCCOc1ccc([CH](CCC)[Sn]([CH2]CCC)([CH2]CCC)[c]2cccs2)cc1. The molecule has 1 atom stereocenters. The molecule has 1 aromatic heterocycles. The average Bonchev–Trinajstić information content (AvgIpc) is 3.39. The van der Waals surface area contributed by atoms with E-state index in [0.717, 1.165) is 16.3 Å². The number of ether oxygens (including phenoxy) is 1. The zero-order valence-electron chi connectivity index (χ0n) is 22.0. The van der Waals surface area contributed by atoms with Gasteiger partial charge in [0.25, 0.3) is 0 Å². The predicted molar refractivity (Wildman–Crippen MR) is 152 cm³/mol. The molecule has 3 heteroatoms. The van der Waals surface area contributed by atoms with E-state index in [0.29, 0.717) is 0 Å². The minimum atomic E-state index is -2.61. The van der Waals surface area contributed by atoms with Crippen LogP contribution in [0.15, 0.2) is 41.8 Å². The third-order valence-corrected chi connectivity index (χ3v) is 27.6. The summed E-state index contributed by atoms with van der Waals surface area (Å²) in [5, 5.41) is 2.33. The van der Waals surface area contributed by atoms with E-state index in [9.17, 15) is 0 Å². The number of hydrogen-bond acceptors (Lipinski definition) is 2. The third-order valence-electron chi connectivity index (χ3n) is 7.26. The number of hydrogen-bond donors (Lipinski definition) is 0. The number of rotatable bonds is 19. The maximum absolute atomic E-state index is 6.11. The van der Waals surface area contributed by atoms with Gasteiger partial charge in [-0.1, -0.05) is 13.3 Å². The van der Waals surface area contributed by atoms with Crippen molar-refractivity contribution < 1.29 is 4.74 Å². The van der Waals surface area contributed by atoms with Crippen molar-refractivity contribution in [1.82, 2.24) is 0 Å². The van der Waals surface area contributed by atoms with Crippen LogP contribution in [0, 0.1) is 0 Å². The van der Waals surface area contributed by atoms with E-state index in [2.05, 4.69) is 80.8 Å². The van der Waals surface area contributed by atoms with Crippen molar-refractivity contribution in [1.29, 1.82) is 0 Å². The van der Waals surface area contributed by atoms with Gasteiger partial charge in [-0.3, -0.25) is 0 Å². The monoisotopic (exact) mass is 578 g/mol. The van der Waals surface area contributed by atoms with Gasteiger partial charge in [-0.15, -0.1) is 0 Å². The first kappa shape index (κ1) is 28.8. The molecule has 186 valence electrons. The Morgan fingerprint density at radius 1 is 0.727 bits per heavy atom. The molecular weight excluding hydrogens is 527 g/mol. The Labute approximate surface area is 213 Å². The van der Waals surface area contributed by atoms with Gasteiger partial charge in [0.05, 0.1) is 0 Å². The van der Waals surface area contributed by atoms with Crippen molar-refractivity contribution in [2.45, 2.75) is 118 Å². The second kappa shape index (κ2) is 17.0. The topological polar surface area (TPSA) is 9.23 Å². The van der Waals surface area contributed by atoms with Crippen LogP contribution in [-0.2, 0) is 0 Å². The van der Waals surface area contributed by atoms with Gasteiger partial charge in [0.15, 0.2) is 0 Å². The van der Waals surface area contributed by atoms with Gasteiger partial charge in [-0.05, 0) is 0 Å². The molecule has 1 aromatic carbocycles. The second-order valence-electron chi connectivity index (χ2n) is 9.87. The van der Waals surface area contributed by atoms with Gasteiger partial charge in [-0.25, -0.2) is 0 Å². The Morgan fingerprint density at radius 3 is 1.94 bits per heavy atom. The molecule has 1 nitrogen and oxygen atoms in total. The van der Waals surface area contributed by atoms with Crippen LogP contribution in [0.5, 0.6) is 5.75 Å². The Bertz CT molecular complexity index is 701. The molecule has 33 heavy (non-hydrogen) atoms. The normalized spacial score (nSPS) is 12.7. The fourth-order valence-electron chi connectivity index (χ4n) is 5.36.